The topological polar surface area (TPSA) is 0 Å². The molecule has 1 heterocycles. The predicted octanol–water partition coefficient (Wildman–Crippen LogP) is 2.92. The van der Waals surface area contributed by atoms with Gasteiger partial charge in [0.05, 0.1) is 19.6 Å². The lowest BCUT2D eigenvalue weighted by Crippen LogP contribution is -3.00. The Hall–Kier alpha value is 0.730. The summed E-state index contributed by atoms with van der Waals surface area (Å²) in [7, 11) is 0. The smallest absolute Gasteiger partial charge is 0.141 e. The van der Waals surface area contributed by atoms with E-state index in [0.29, 0.717) is 0 Å². The van der Waals surface area contributed by atoms with Crippen molar-refractivity contribution < 1.29 is 21.5 Å². The zero-order valence-corrected chi connectivity index (χ0v) is 18.3. The molecule has 1 nitrogen and oxygen atoms in total. The van der Waals surface area contributed by atoms with Crippen molar-refractivity contribution in [2.24, 2.45) is 0 Å². The Bertz CT molecular complexity index is 302. The molecule has 1 fully saturated rings. The van der Waals surface area contributed by atoms with Crippen LogP contribution in [0.5, 0.6) is 0 Å². The third kappa shape index (κ3) is 10.5. The molecule has 0 atom stereocenters. The molecule has 22 heavy (non-hydrogen) atoms. The summed E-state index contributed by atoms with van der Waals surface area (Å²) in [6, 6.07) is 0. The molecule has 0 spiro atoms. The molecule has 0 N–H and O–H groups in total. The minimum absolute atomic E-state index is 0. The quantitative estimate of drug-likeness (QED) is 0.173. The molecular formula is C19H35BrIN. The second kappa shape index (κ2) is 15.3. The Morgan fingerprint density at radius 3 is 1.82 bits per heavy atom. The number of halogens is 2. The first-order valence-electron chi connectivity index (χ1n) is 9.26. The van der Waals surface area contributed by atoms with Gasteiger partial charge >= 0.3 is 0 Å². The summed E-state index contributed by atoms with van der Waals surface area (Å²) in [5.74, 6) is 3.33. The van der Waals surface area contributed by atoms with E-state index in [4.69, 9.17) is 0 Å². The summed E-state index contributed by atoms with van der Waals surface area (Å²) in [4.78, 5) is 0. The van der Waals surface area contributed by atoms with Crippen LogP contribution in [0.3, 0.4) is 0 Å². The fourth-order valence-electron chi connectivity index (χ4n) is 3.60. The molecule has 1 saturated heterocycles. The molecule has 0 aliphatic carbocycles. The third-order valence-corrected chi connectivity index (χ3v) is 5.36. The highest BCUT2D eigenvalue weighted by atomic mass is 127. The second-order valence-electron chi connectivity index (χ2n) is 6.83. The van der Waals surface area contributed by atoms with Crippen LogP contribution in [0.4, 0.5) is 0 Å². The summed E-state index contributed by atoms with van der Waals surface area (Å²) >= 11 is 2.18. The molecule has 0 aromatic carbocycles. The largest absolute Gasteiger partial charge is 1.00 e. The third-order valence-electron chi connectivity index (χ3n) is 4.98. The van der Waals surface area contributed by atoms with E-state index in [2.05, 4.69) is 39.4 Å². The van der Waals surface area contributed by atoms with Gasteiger partial charge in [-0.3, -0.25) is 0 Å². The molecule has 0 aromatic heterocycles. The lowest BCUT2D eigenvalue weighted by atomic mass is 10.1. The van der Waals surface area contributed by atoms with Gasteiger partial charge in [-0.15, -0.1) is 0 Å². The molecule has 3 heteroatoms. The molecule has 1 aliphatic heterocycles. The van der Waals surface area contributed by atoms with E-state index in [1.807, 2.05) is 0 Å². The number of hydrogen-bond donors (Lipinski definition) is 0. The molecule has 0 radical (unpaired) electrons. The maximum atomic E-state index is 3.33. The highest BCUT2D eigenvalue weighted by Gasteiger charge is 2.30. The first-order chi connectivity index (χ1) is 10.3. The van der Waals surface area contributed by atoms with Crippen molar-refractivity contribution in [2.75, 3.05) is 26.2 Å². The standard InChI is InChI=1S/C19H35IN.BrH/c1-2-3-4-5-6-7-8-9-10-11-16-21(19-14-15-20)17-12-13-18-21;/h2-13,16-19H2,1H3;1H/q+1;/p-1. The molecular weight excluding hydrogens is 449 g/mol. The van der Waals surface area contributed by atoms with Crippen molar-refractivity contribution in [1.29, 1.82) is 0 Å². The monoisotopic (exact) mass is 483 g/mol. The van der Waals surface area contributed by atoms with Crippen molar-refractivity contribution in [3.05, 3.63) is 0 Å². The molecule has 0 bridgehead atoms. The lowest BCUT2D eigenvalue weighted by molar-refractivity contribution is -0.910. The Balaban J connectivity index is 0.00000441. The van der Waals surface area contributed by atoms with E-state index < -0.39 is 0 Å². The zero-order valence-electron chi connectivity index (χ0n) is 14.5. The van der Waals surface area contributed by atoms with Crippen LogP contribution in [0, 0.1) is 9.85 Å². The lowest BCUT2D eigenvalue weighted by Gasteiger charge is -2.32. The number of quaternary nitrogens is 1. The first-order valence-corrected chi connectivity index (χ1v) is 10.3. The van der Waals surface area contributed by atoms with Crippen LogP contribution in [-0.4, -0.2) is 30.7 Å². The Morgan fingerprint density at radius 1 is 0.818 bits per heavy atom. The molecule has 0 unspecified atom stereocenters. The summed E-state index contributed by atoms with van der Waals surface area (Å²) in [6.45, 7) is 7.52. The SMILES string of the molecule is CCCCCCCCCCCC[N+]1(CC#CI)CCCC1.[Br-]. The highest BCUT2D eigenvalue weighted by Crippen LogP contribution is 2.21. The van der Waals surface area contributed by atoms with Crippen LogP contribution in [0.15, 0.2) is 0 Å². The van der Waals surface area contributed by atoms with E-state index in [-0.39, 0.29) is 17.0 Å². The van der Waals surface area contributed by atoms with Crippen LogP contribution in [-0.2, 0) is 0 Å². The number of hydrogen-bond acceptors (Lipinski definition) is 0. The van der Waals surface area contributed by atoms with Crippen LogP contribution in [0.25, 0.3) is 0 Å². The average molecular weight is 484 g/mol. The highest BCUT2D eigenvalue weighted by molar-refractivity contribution is 14.1. The second-order valence-corrected chi connectivity index (χ2v) is 7.37. The zero-order chi connectivity index (χ0) is 15.2. The van der Waals surface area contributed by atoms with E-state index in [1.165, 1.54) is 101 Å². The Labute approximate surface area is 163 Å². The summed E-state index contributed by atoms with van der Waals surface area (Å²) in [5.41, 5.74) is 0. The number of rotatable bonds is 12. The Morgan fingerprint density at radius 2 is 1.32 bits per heavy atom. The van der Waals surface area contributed by atoms with E-state index in [9.17, 15) is 0 Å². The first kappa shape index (κ1) is 22.7. The van der Waals surface area contributed by atoms with Gasteiger partial charge in [0.1, 0.15) is 6.54 Å². The summed E-state index contributed by atoms with van der Waals surface area (Å²) in [6.07, 6.45) is 17.2. The number of nitrogens with zero attached hydrogens (tertiary/aromatic N) is 1. The molecule has 130 valence electrons. The average Bonchev–Trinajstić information content (AvgIpc) is 2.96. The van der Waals surface area contributed by atoms with Gasteiger partial charge < -0.3 is 21.5 Å². The van der Waals surface area contributed by atoms with E-state index in [0.717, 1.165) is 6.54 Å². The maximum Gasteiger partial charge on any atom is 0.141 e. The van der Waals surface area contributed by atoms with Gasteiger partial charge in [-0.2, -0.15) is 0 Å². The van der Waals surface area contributed by atoms with Crippen molar-refractivity contribution in [1.82, 2.24) is 0 Å². The van der Waals surface area contributed by atoms with Gasteiger partial charge in [0.25, 0.3) is 0 Å². The molecule has 1 aliphatic rings. The van der Waals surface area contributed by atoms with Crippen molar-refractivity contribution in [3.63, 3.8) is 0 Å². The van der Waals surface area contributed by atoms with Crippen molar-refractivity contribution in [2.45, 2.75) is 84.0 Å². The van der Waals surface area contributed by atoms with Crippen LogP contribution in [0.2, 0.25) is 0 Å². The number of unbranched alkanes of at least 4 members (excludes halogenated alkanes) is 9. The van der Waals surface area contributed by atoms with Crippen LogP contribution < -0.4 is 17.0 Å². The summed E-state index contributed by atoms with van der Waals surface area (Å²) < 4.78 is 4.36. The molecule has 0 aromatic rings. The fraction of sp³-hybridized carbons (Fsp3) is 0.895. The molecule has 0 amide bonds. The van der Waals surface area contributed by atoms with Gasteiger partial charge in [-0.25, -0.2) is 0 Å². The predicted molar refractivity (Wildman–Crippen MR) is 103 cm³/mol. The van der Waals surface area contributed by atoms with Gasteiger partial charge in [-0.1, -0.05) is 58.3 Å². The minimum atomic E-state index is 0. The fourth-order valence-corrected chi connectivity index (χ4v) is 3.77. The van der Waals surface area contributed by atoms with E-state index >= 15 is 0 Å². The molecule has 1 rings (SSSR count). The van der Waals surface area contributed by atoms with Crippen LogP contribution >= 0.6 is 22.6 Å². The van der Waals surface area contributed by atoms with E-state index in [1.54, 1.807) is 0 Å². The van der Waals surface area contributed by atoms with Crippen LogP contribution in [0.1, 0.15) is 84.0 Å². The van der Waals surface area contributed by atoms with Crippen molar-refractivity contribution in [3.8, 4) is 9.85 Å². The van der Waals surface area contributed by atoms with Gasteiger partial charge in [0.15, 0.2) is 0 Å². The normalized spacial score (nSPS) is 15.9. The number of likely N-dealkylation sites (tertiary alicyclic amines) is 1. The maximum absolute atomic E-state index is 3.33. The molecule has 0 saturated carbocycles. The van der Waals surface area contributed by atoms with Crippen molar-refractivity contribution >= 4 is 22.6 Å². The minimum Gasteiger partial charge on any atom is -1.00 e. The van der Waals surface area contributed by atoms with Gasteiger partial charge in [0, 0.05) is 35.4 Å². The Kier molecular flexibility index (Phi) is 15.8. The van der Waals surface area contributed by atoms with Gasteiger partial charge in [0.2, 0.25) is 0 Å². The summed E-state index contributed by atoms with van der Waals surface area (Å²) in [5, 5.41) is 0. The van der Waals surface area contributed by atoms with Gasteiger partial charge in [-0.05, 0) is 22.7 Å².